The average Bonchev–Trinajstić information content (AvgIpc) is 2.67. The molecule has 3 N–H and O–H groups in total. The van der Waals surface area contributed by atoms with Gasteiger partial charge in [0.05, 0.1) is 0 Å². The highest BCUT2D eigenvalue weighted by Crippen LogP contribution is 2.09. The number of unbranched alkanes of at least 4 members (excludes halogenated alkanes) is 8. The topological polar surface area (TPSA) is 104 Å². The summed E-state index contributed by atoms with van der Waals surface area (Å²) in [6, 6.07) is -1.13. The number of hydrogen-bond donors (Lipinski definition) is 3. The van der Waals surface area contributed by atoms with Crippen molar-refractivity contribution in [3.8, 4) is 0 Å². The van der Waals surface area contributed by atoms with E-state index in [2.05, 4.69) is 36.5 Å². The van der Waals surface area contributed by atoms with Gasteiger partial charge in [-0.25, -0.2) is 4.79 Å². The predicted octanol–water partition coefficient (Wildman–Crippen LogP) is 5.23. The molecule has 1 unspecified atom stereocenters. The first-order chi connectivity index (χ1) is 14.0. The summed E-state index contributed by atoms with van der Waals surface area (Å²) in [7, 11) is 0. The first-order valence-corrected chi connectivity index (χ1v) is 11.0. The minimum absolute atomic E-state index is 0.0986. The Morgan fingerprint density at radius 1 is 0.793 bits per heavy atom. The highest BCUT2D eigenvalue weighted by Gasteiger charge is 2.20. The highest BCUT2D eigenvalue weighted by molar-refractivity contribution is 5.83. The van der Waals surface area contributed by atoms with Crippen molar-refractivity contribution in [2.75, 3.05) is 0 Å². The van der Waals surface area contributed by atoms with Gasteiger partial charge in [-0.2, -0.15) is 0 Å². The molecule has 0 aliphatic rings. The molecule has 1 amide bonds. The number of rotatable bonds is 19. The molecule has 0 aromatic heterocycles. The zero-order valence-corrected chi connectivity index (χ0v) is 17.9. The summed E-state index contributed by atoms with van der Waals surface area (Å²) in [4.78, 5) is 33.4. The van der Waals surface area contributed by atoms with Gasteiger partial charge >= 0.3 is 11.9 Å². The van der Waals surface area contributed by atoms with E-state index in [1.165, 1.54) is 25.7 Å². The lowest BCUT2D eigenvalue weighted by atomic mass is 10.1. The van der Waals surface area contributed by atoms with E-state index in [9.17, 15) is 14.4 Å². The Hall–Kier alpha value is -2.11. The maximum absolute atomic E-state index is 11.8. The van der Waals surface area contributed by atoms with Gasteiger partial charge in [-0.1, -0.05) is 63.3 Å². The van der Waals surface area contributed by atoms with Gasteiger partial charge in [0.15, 0.2) is 0 Å². The number of carbonyl (C=O) groups is 3. The summed E-state index contributed by atoms with van der Waals surface area (Å²) in [5.41, 5.74) is 0. The van der Waals surface area contributed by atoms with E-state index >= 15 is 0 Å². The third-order valence-electron chi connectivity index (χ3n) is 4.63. The van der Waals surface area contributed by atoms with Crippen LogP contribution in [0.1, 0.15) is 96.8 Å². The fourth-order valence-corrected chi connectivity index (χ4v) is 2.89. The van der Waals surface area contributed by atoms with E-state index in [-0.39, 0.29) is 25.2 Å². The molecule has 0 radical (unpaired) electrons. The molecule has 0 saturated carbocycles. The predicted molar refractivity (Wildman–Crippen MR) is 116 cm³/mol. The Labute approximate surface area is 175 Å². The van der Waals surface area contributed by atoms with E-state index in [0.717, 1.165) is 44.9 Å². The molecule has 0 aliphatic heterocycles. The largest absolute Gasteiger partial charge is 0.481 e. The van der Waals surface area contributed by atoms with Crippen LogP contribution in [0.4, 0.5) is 0 Å². The molecule has 0 aliphatic carbocycles. The van der Waals surface area contributed by atoms with Crippen LogP contribution in [0.25, 0.3) is 0 Å². The number of aliphatic carboxylic acids is 2. The first-order valence-electron chi connectivity index (χ1n) is 11.0. The molecule has 0 fully saturated rings. The highest BCUT2D eigenvalue weighted by atomic mass is 16.4. The van der Waals surface area contributed by atoms with Crippen LogP contribution in [0.2, 0.25) is 0 Å². The Bertz CT molecular complexity index is 513. The zero-order chi connectivity index (χ0) is 21.7. The first kappa shape index (κ1) is 26.9. The summed E-state index contributed by atoms with van der Waals surface area (Å²) in [6.45, 7) is 2.22. The summed E-state index contributed by atoms with van der Waals surface area (Å²) >= 11 is 0. The second-order valence-electron chi connectivity index (χ2n) is 7.37. The summed E-state index contributed by atoms with van der Waals surface area (Å²) in [5.74, 6) is -2.59. The number of nitrogens with one attached hydrogen (secondary N) is 1. The second kappa shape index (κ2) is 19.2. The van der Waals surface area contributed by atoms with Gasteiger partial charge in [0, 0.05) is 12.8 Å². The van der Waals surface area contributed by atoms with Gasteiger partial charge in [-0.3, -0.25) is 9.59 Å². The molecule has 0 aromatic rings. The van der Waals surface area contributed by atoms with Crippen LogP contribution in [0, 0.1) is 0 Å². The van der Waals surface area contributed by atoms with Crippen LogP contribution in [0.5, 0.6) is 0 Å². The fourth-order valence-electron chi connectivity index (χ4n) is 2.89. The number of carboxylic acid groups (broad SMARTS) is 2. The van der Waals surface area contributed by atoms with Crippen LogP contribution in [0.3, 0.4) is 0 Å². The van der Waals surface area contributed by atoms with Gasteiger partial charge < -0.3 is 15.5 Å². The average molecular weight is 410 g/mol. The molecule has 0 saturated heterocycles. The molecule has 0 bridgehead atoms. The number of hydrogen-bond acceptors (Lipinski definition) is 3. The van der Waals surface area contributed by atoms with E-state index in [1.807, 2.05) is 0 Å². The lowest BCUT2D eigenvalue weighted by molar-refractivity contribution is -0.143. The maximum Gasteiger partial charge on any atom is 0.326 e. The maximum atomic E-state index is 11.8. The quantitative estimate of drug-likeness (QED) is 0.200. The van der Waals surface area contributed by atoms with Crippen molar-refractivity contribution in [3.63, 3.8) is 0 Å². The number of carboxylic acids is 2. The molecular weight excluding hydrogens is 370 g/mol. The smallest absolute Gasteiger partial charge is 0.326 e. The summed E-state index contributed by atoms with van der Waals surface area (Å²) in [5, 5.41) is 20.0. The van der Waals surface area contributed by atoms with Crippen molar-refractivity contribution < 1.29 is 24.6 Å². The van der Waals surface area contributed by atoms with Crippen molar-refractivity contribution in [1.82, 2.24) is 5.32 Å². The zero-order valence-electron chi connectivity index (χ0n) is 17.9. The van der Waals surface area contributed by atoms with Crippen LogP contribution in [-0.2, 0) is 14.4 Å². The van der Waals surface area contributed by atoms with Gasteiger partial charge in [0.25, 0.3) is 0 Å². The molecule has 0 aromatic carbocycles. The molecule has 6 heteroatoms. The summed E-state index contributed by atoms with van der Waals surface area (Å²) in [6.07, 6.45) is 20.9. The Kier molecular flexibility index (Phi) is 17.8. The van der Waals surface area contributed by atoms with Crippen molar-refractivity contribution >= 4 is 17.8 Å². The molecule has 29 heavy (non-hydrogen) atoms. The molecule has 166 valence electrons. The minimum atomic E-state index is -1.19. The van der Waals surface area contributed by atoms with E-state index in [4.69, 9.17) is 10.2 Å². The number of carbonyl (C=O) groups excluding carboxylic acids is 1. The molecule has 0 rings (SSSR count). The number of amides is 1. The lowest BCUT2D eigenvalue weighted by Crippen LogP contribution is -2.41. The van der Waals surface area contributed by atoms with Crippen molar-refractivity contribution in [2.24, 2.45) is 0 Å². The summed E-state index contributed by atoms with van der Waals surface area (Å²) < 4.78 is 0. The van der Waals surface area contributed by atoms with Crippen LogP contribution < -0.4 is 5.32 Å². The third-order valence-corrected chi connectivity index (χ3v) is 4.63. The van der Waals surface area contributed by atoms with Crippen molar-refractivity contribution in [1.29, 1.82) is 0 Å². The molecule has 6 nitrogen and oxygen atoms in total. The number of allylic oxidation sites excluding steroid dienone is 4. The van der Waals surface area contributed by atoms with Gasteiger partial charge in [-0.05, 0) is 44.9 Å². The van der Waals surface area contributed by atoms with Crippen LogP contribution in [-0.4, -0.2) is 34.1 Å². The van der Waals surface area contributed by atoms with E-state index < -0.39 is 18.0 Å². The Morgan fingerprint density at radius 2 is 1.38 bits per heavy atom. The molecular formula is C23H39NO5. The van der Waals surface area contributed by atoms with E-state index in [0.29, 0.717) is 0 Å². The van der Waals surface area contributed by atoms with E-state index in [1.54, 1.807) is 0 Å². The fraction of sp³-hybridized carbons (Fsp3) is 0.696. The van der Waals surface area contributed by atoms with Gasteiger partial charge in [0.2, 0.25) is 5.91 Å². The molecule has 0 heterocycles. The van der Waals surface area contributed by atoms with Gasteiger partial charge in [-0.15, -0.1) is 0 Å². The minimum Gasteiger partial charge on any atom is -0.481 e. The Balaban J connectivity index is 3.61. The van der Waals surface area contributed by atoms with Gasteiger partial charge in [0.1, 0.15) is 6.04 Å². The monoisotopic (exact) mass is 409 g/mol. The third kappa shape index (κ3) is 19.0. The second-order valence-corrected chi connectivity index (χ2v) is 7.37. The SMILES string of the molecule is CCCCCC=CCC=CCCCCCCCC(=O)NC(CCC(=O)O)C(=O)O. The normalized spacial score (nSPS) is 12.4. The lowest BCUT2D eigenvalue weighted by Gasteiger charge is -2.13. The molecule has 0 spiro atoms. The van der Waals surface area contributed by atoms with Crippen molar-refractivity contribution in [2.45, 2.75) is 103 Å². The molecule has 1 atom stereocenters. The van der Waals surface area contributed by atoms with Crippen LogP contribution >= 0.6 is 0 Å². The standard InChI is InChI=1S/C23H39NO5/c1-2-3-4-5-6-7-8-9-10-11-12-13-14-15-16-17-21(25)24-20(23(28)29)18-19-22(26)27/h6-7,9-10,20H,2-5,8,11-19H2,1H3,(H,24,25)(H,26,27)(H,28,29). The van der Waals surface area contributed by atoms with Crippen LogP contribution in [0.15, 0.2) is 24.3 Å². The Morgan fingerprint density at radius 3 is 1.97 bits per heavy atom. The van der Waals surface area contributed by atoms with Crippen molar-refractivity contribution in [3.05, 3.63) is 24.3 Å².